The van der Waals surface area contributed by atoms with E-state index in [1.165, 1.54) is 38.5 Å². The van der Waals surface area contributed by atoms with Crippen LogP contribution in [0.2, 0.25) is 0 Å². The molecule has 0 aliphatic rings. The summed E-state index contributed by atoms with van der Waals surface area (Å²) < 4.78 is 14.3. The van der Waals surface area contributed by atoms with Gasteiger partial charge >= 0.3 is 103 Å². The molecule has 4 nitrogen and oxygen atoms in total. The van der Waals surface area contributed by atoms with Gasteiger partial charge in [-0.15, -0.1) is 0 Å². The SMILES string of the molecule is CC(C)CCCCCCCCCCOP(=O)([O-])[O-].[K+].[K+]. The molecular formula is C13H27K2O4P. The summed E-state index contributed by atoms with van der Waals surface area (Å²) >= 11 is 0. The Kier molecular flexibility index (Phi) is 26.4. The van der Waals surface area contributed by atoms with Gasteiger partial charge in [-0.3, -0.25) is 0 Å². The minimum Gasteiger partial charge on any atom is -0.790 e. The predicted octanol–water partition coefficient (Wildman–Crippen LogP) is -2.99. The number of hydrogen-bond acceptors (Lipinski definition) is 4. The van der Waals surface area contributed by atoms with Crippen molar-refractivity contribution in [3.63, 3.8) is 0 Å². The van der Waals surface area contributed by atoms with Crippen molar-refractivity contribution in [2.45, 2.75) is 71.6 Å². The molecule has 110 valence electrons. The molecule has 0 aliphatic heterocycles. The molecule has 0 saturated carbocycles. The van der Waals surface area contributed by atoms with E-state index in [4.69, 9.17) is 0 Å². The van der Waals surface area contributed by atoms with E-state index in [2.05, 4.69) is 18.4 Å². The summed E-state index contributed by atoms with van der Waals surface area (Å²) in [5.41, 5.74) is 0. The first kappa shape index (κ1) is 28.2. The molecule has 0 aromatic heterocycles. The molecule has 0 heterocycles. The van der Waals surface area contributed by atoms with Crippen LogP contribution in [0.3, 0.4) is 0 Å². The molecule has 0 aromatic carbocycles. The van der Waals surface area contributed by atoms with Crippen LogP contribution < -0.4 is 113 Å². The van der Waals surface area contributed by atoms with Crippen LogP contribution in [0, 0.1) is 5.92 Å². The molecule has 0 aromatic rings. The van der Waals surface area contributed by atoms with Crippen LogP contribution in [-0.2, 0) is 9.09 Å². The summed E-state index contributed by atoms with van der Waals surface area (Å²) in [6.07, 6.45) is 10.4. The van der Waals surface area contributed by atoms with Gasteiger partial charge < -0.3 is 18.9 Å². The molecule has 0 amide bonds. The topological polar surface area (TPSA) is 72.4 Å². The van der Waals surface area contributed by atoms with Gasteiger partial charge in [-0.25, -0.2) is 0 Å². The maximum atomic E-state index is 10.2. The summed E-state index contributed by atoms with van der Waals surface area (Å²) in [5, 5.41) is 0. The average Bonchev–Trinajstić information content (AvgIpc) is 2.24. The van der Waals surface area contributed by atoms with E-state index in [-0.39, 0.29) is 109 Å². The fourth-order valence-electron chi connectivity index (χ4n) is 1.89. The van der Waals surface area contributed by atoms with Gasteiger partial charge in [0.2, 0.25) is 0 Å². The van der Waals surface area contributed by atoms with Crippen molar-refractivity contribution in [3.05, 3.63) is 0 Å². The van der Waals surface area contributed by atoms with Crippen molar-refractivity contribution in [2.24, 2.45) is 5.92 Å². The van der Waals surface area contributed by atoms with Gasteiger partial charge in [-0.1, -0.05) is 65.2 Å². The van der Waals surface area contributed by atoms with Gasteiger partial charge in [0.05, 0.1) is 14.4 Å². The number of rotatable bonds is 12. The van der Waals surface area contributed by atoms with Crippen LogP contribution in [-0.4, -0.2) is 6.61 Å². The molecule has 20 heavy (non-hydrogen) atoms. The second kappa shape index (κ2) is 18.7. The number of phosphoric ester groups is 1. The second-order valence-electron chi connectivity index (χ2n) is 5.29. The maximum absolute atomic E-state index is 10.2. The molecule has 0 rings (SSSR count). The first-order chi connectivity index (χ1) is 8.42. The van der Waals surface area contributed by atoms with Crippen molar-refractivity contribution in [2.75, 3.05) is 6.61 Å². The van der Waals surface area contributed by atoms with Gasteiger partial charge in [-0.05, 0) is 12.3 Å². The average molecular weight is 357 g/mol. The van der Waals surface area contributed by atoms with Gasteiger partial charge in [0.25, 0.3) is 0 Å². The molecule has 0 N–H and O–H groups in total. The third-order valence-corrected chi connectivity index (χ3v) is 3.42. The Morgan fingerprint density at radius 2 is 1.25 bits per heavy atom. The minimum absolute atomic E-state index is 0. The summed E-state index contributed by atoms with van der Waals surface area (Å²) in [5.74, 6) is 0.808. The predicted molar refractivity (Wildman–Crippen MR) is 69.9 cm³/mol. The fourth-order valence-corrected chi connectivity index (χ4v) is 2.24. The van der Waals surface area contributed by atoms with Crippen molar-refractivity contribution in [1.82, 2.24) is 0 Å². The molecule has 7 heteroatoms. The summed E-state index contributed by atoms with van der Waals surface area (Å²) in [6.45, 7) is 4.55. The van der Waals surface area contributed by atoms with Crippen LogP contribution in [0.5, 0.6) is 0 Å². The molecule has 0 saturated heterocycles. The molecular weight excluding hydrogens is 329 g/mol. The standard InChI is InChI=1S/C13H29O4P.2K/c1-13(2)11-9-7-5-3-4-6-8-10-12-17-18(14,15)16;;/h13H,3-12H2,1-2H3,(H2,14,15,16);;/q;2*+1/p-2. The quantitative estimate of drug-likeness (QED) is 0.212. The Morgan fingerprint density at radius 3 is 1.65 bits per heavy atom. The summed E-state index contributed by atoms with van der Waals surface area (Å²) in [7, 11) is -4.75. The Morgan fingerprint density at radius 1 is 0.850 bits per heavy atom. The molecule has 0 aliphatic carbocycles. The van der Waals surface area contributed by atoms with E-state index in [9.17, 15) is 14.4 Å². The van der Waals surface area contributed by atoms with E-state index < -0.39 is 7.82 Å². The van der Waals surface area contributed by atoms with Crippen molar-refractivity contribution in [1.29, 1.82) is 0 Å². The van der Waals surface area contributed by atoms with E-state index >= 15 is 0 Å². The van der Waals surface area contributed by atoms with E-state index in [1.54, 1.807) is 0 Å². The fraction of sp³-hybridized carbons (Fsp3) is 1.00. The summed E-state index contributed by atoms with van der Waals surface area (Å²) in [4.78, 5) is 20.3. The third-order valence-electron chi connectivity index (χ3n) is 2.93. The van der Waals surface area contributed by atoms with E-state index in [0.717, 1.165) is 18.8 Å². The Bertz CT molecular complexity index is 234. The zero-order valence-electron chi connectivity index (χ0n) is 13.7. The molecule has 0 radical (unpaired) electrons. The summed E-state index contributed by atoms with van der Waals surface area (Å²) in [6, 6.07) is 0. The van der Waals surface area contributed by atoms with E-state index in [0.29, 0.717) is 6.42 Å². The first-order valence-corrected chi connectivity index (χ1v) is 8.54. The largest absolute Gasteiger partial charge is 1.00 e. The van der Waals surface area contributed by atoms with Gasteiger partial charge in [-0.2, -0.15) is 0 Å². The van der Waals surface area contributed by atoms with Crippen LogP contribution in [0.1, 0.15) is 71.6 Å². The molecule has 0 bridgehead atoms. The first-order valence-electron chi connectivity index (χ1n) is 7.08. The van der Waals surface area contributed by atoms with Crippen molar-refractivity contribution in [3.8, 4) is 0 Å². The number of unbranched alkanes of at least 4 members (excludes halogenated alkanes) is 7. The van der Waals surface area contributed by atoms with E-state index in [1.807, 2.05) is 0 Å². The zero-order valence-corrected chi connectivity index (χ0v) is 20.9. The zero-order chi connectivity index (χ0) is 13.9. The Balaban J connectivity index is -0.00000144. The van der Waals surface area contributed by atoms with Crippen LogP contribution in [0.15, 0.2) is 0 Å². The second-order valence-corrected chi connectivity index (χ2v) is 6.44. The number of hydrogen-bond donors (Lipinski definition) is 0. The Labute approximate surface area is 209 Å². The molecule has 0 spiro atoms. The molecule has 0 atom stereocenters. The van der Waals surface area contributed by atoms with Gasteiger partial charge in [0.1, 0.15) is 0 Å². The Hall–Kier alpha value is 3.38. The van der Waals surface area contributed by atoms with Crippen molar-refractivity contribution < 1.29 is 122 Å². The maximum Gasteiger partial charge on any atom is 1.00 e. The van der Waals surface area contributed by atoms with Crippen LogP contribution in [0.25, 0.3) is 0 Å². The van der Waals surface area contributed by atoms with Crippen molar-refractivity contribution >= 4 is 7.82 Å². The molecule has 0 fully saturated rings. The van der Waals surface area contributed by atoms with Gasteiger partial charge in [0, 0.05) is 0 Å². The third kappa shape index (κ3) is 26.3. The molecule has 0 unspecified atom stereocenters. The normalized spacial score (nSPS) is 11.1. The monoisotopic (exact) mass is 356 g/mol. The van der Waals surface area contributed by atoms with Crippen LogP contribution >= 0.6 is 7.82 Å². The van der Waals surface area contributed by atoms with Crippen LogP contribution in [0.4, 0.5) is 0 Å². The van der Waals surface area contributed by atoms with Gasteiger partial charge in [0.15, 0.2) is 0 Å². The number of phosphoric acid groups is 1. The minimum atomic E-state index is -4.75. The smallest absolute Gasteiger partial charge is 0.790 e.